The Kier molecular flexibility index (Phi) is 22.7. The van der Waals surface area contributed by atoms with Crippen molar-refractivity contribution in [2.75, 3.05) is 157 Å². The molecule has 0 spiro atoms. The molecular formula is C55H73Cl2N9O13. The summed E-state index contributed by atoms with van der Waals surface area (Å²) in [6.45, 7) is 14.0. The van der Waals surface area contributed by atoms with Gasteiger partial charge in [-0.05, 0) is 62.4 Å². The molecule has 79 heavy (non-hydrogen) atoms. The highest BCUT2D eigenvalue weighted by Gasteiger charge is 2.39. The lowest BCUT2D eigenvalue weighted by atomic mass is 9.95. The van der Waals surface area contributed by atoms with Crippen LogP contribution in [0.3, 0.4) is 0 Å². The molecule has 2 saturated heterocycles. The number of carbonyl (C=O) groups excluding carboxylic acids is 3. The molecule has 3 aromatic carbocycles. The zero-order chi connectivity index (χ0) is 56.5. The van der Waals surface area contributed by atoms with Crippen LogP contribution in [0.1, 0.15) is 43.2 Å². The van der Waals surface area contributed by atoms with Gasteiger partial charge in [-0.25, -0.2) is 4.68 Å². The minimum absolute atomic E-state index is 0.0772. The minimum Gasteiger partial charge on any atom is -0.496 e. The Labute approximate surface area is 470 Å². The van der Waals surface area contributed by atoms with Crippen molar-refractivity contribution >= 4 is 58.5 Å². The van der Waals surface area contributed by atoms with Crippen LogP contribution in [0.15, 0.2) is 54.6 Å². The lowest BCUT2D eigenvalue weighted by Gasteiger charge is -2.41. The van der Waals surface area contributed by atoms with E-state index in [0.29, 0.717) is 154 Å². The average Bonchev–Trinajstić information content (AvgIpc) is 4.08. The summed E-state index contributed by atoms with van der Waals surface area (Å²) in [7, 11) is 1.57. The third kappa shape index (κ3) is 17.5. The fraction of sp³-hybridized carbons (Fsp3) is 0.527. The first-order chi connectivity index (χ1) is 38.0. The number of aliphatic carboxylic acids is 2. The number of aromatic nitrogens is 2. The van der Waals surface area contributed by atoms with Gasteiger partial charge in [0.25, 0.3) is 5.91 Å². The van der Waals surface area contributed by atoms with Crippen molar-refractivity contribution in [3.05, 3.63) is 75.9 Å². The van der Waals surface area contributed by atoms with Gasteiger partial charge in [0, 0.05) is 104 Å². The van der Waals surface area contributed by atoms with E-state index in [2.05, 4.69) is 15.5 Å². The van der Waals surface area contributed by atoms with Gasteiger partial charge in [-0.3, -0.25) is 38.7 Å². The van der Waals surface area contributed by atoms with Crippen molar-refractivity contribution in [3.8, 4) is 39.6 Å². The van der Waals surface area contributed by atoms with Gasteiger partial charge >= 0.3 is 11.9 Å². The van der Waals surface area contributed by atoms with Crippen molar-refractivity contribution in [2.24, 2.45) is 0 Å². The zero-order valence-electron chi connectivity index (χ0n) is 45.4. The van der Waals surface area contributed by atoms with E-state index in [1.165, 1.54) is 0 Å². The summed E-state index contributed by atoms with van der Waals surface area (Å²) in [6, 6.07) is 16.2. The molecule has 3 aliphatic rings. The number of carboxylic acid groups (broad SMARTS) is 2. The Morgan fingerprint density at radius 2 is 1.33 bits per heavy atom. The first kappa shape index (κ1) is 60.7. The number of methoxy groups -OCH3 is 1. The molecule has 4 aromatic rings. The molecule has 0 unspecified atom stereocenters. The van der Waals surface area contributed by atoms with E-state index in [9.17, 15) is 34.2 Å². The van der Waals surface area contributed by atoms with Crippen LogP contribution in [0, 0.1) is 0 Å². The van der Waals surface area contributed by atoms with Crippen LogP contribution >= 0.6 is 23.2 Å². The molecule has 3 aliphatic heterocycles. The predicted molar refractivity (Wildman–Crippen MR) is 297 cm³/mol. The normalized spacial score (nSPS) is 16.7. The molecular weight excluding hydrogens is 1070 g/mol. The molecule has 0 aliphatic carbocycles. The van der Waals surface area contributed by atoms with Crippen molar-refractivity contribution < 1.29 is 62.6 Å². The number of fused-ring (bicyclic) bond motifs is 3. The number of likely N-dealkylation sites (N-methyl/N-ethyl adjacent to an activating group) is 1. The molecule has 3 amide bonds. The summed E-state index contributed by atoms with van der Waals surface area (Å²) in [5.41, 5.74) is 4.18. The molecule has 0 radical (unpaired) electrons. The largest absolute Gasteiger partial charge is 0.496 e. The molecule has 0 saturated carbocycles. The number of nitrogens with one attached hydrogen (secondary N) is 2. The van der Waals surface area contributed by atoms with Crippen molar-refractivity contribution in [1.29, 1.82) is 0 Å². The monoisotopic (exact) mass is 1140 g/mol. The van der Waals surface area contributed by atoms with Crippen LogP contribution in [0.25, 0.3) is 28.1 Å². The summed E-state index contributed by atoms with van der Waals surface area (Å²) < 4.78 is 36.6. The van der Waals surface area contributed by atoms with E-state index in [4.69, 9.17) is 56.7 Å². The van der Waals surface area contributed by atoms with E-state index >= 15 is 0 Å². The predicted octanol–water partition coefficient (Wildman–Crippen LogP) is 4.57. The van der Waals surface area contributed by atoms with Crippen molar-refractivity contribution in [1.82, 2.24) is 39.6 Å². The maximum absolute atomic E-state index is 14.4. The number of benzene rings is 3. The summed E-state index contributed by atoms with van der Waals surface area (Å²) in [4.78, 5) is 73.1. The van der Waals surface area contributed by atoms with Gasteiger partial charge in [0.15, 0.2) is 5.69 Å². The summed E-state index contributed by atoms with van der Waals surface area (Å²) in [6.07, 6.45) is 0.106. The molecule has 22 nitrogen and oxygen atoms in total. The van der Waals surface area contributed by atoms with E-state index in [0.717, 1.165) is 12.1 Å². The van der Waals surface area contributed by atoms with Gasteiger partial charge in [-0.2, -0.15) is 5.10 Å². The van der Waals surface area contributed by atoms with Crippen LogP contribution in [0.2, 0.25) is 10.0 Å². The van der Waals surface area contributed by atoms with Crippen molar-refractivity contribution in [3.63, 3.8) is 0 Å². The highest BCUT2D eigenvalue weighted by Crippen LogP contribution is 2.47. The third-order valence-corrected chi connectivity index (χ3v) is 14.2. The number of rotatable bonds is 24. The van der Waals surface area contributed by atoms with E-state index in [1.54, 1.807) is 51.9 Å². The fourth-order valence-corrected chi connectivity index (χ4v) is 10.1. The molecule has 0 bridgehead atoms. The lowest BCUT2D eigenvalue weighted by molar-refractivity contribution is -0.140. The number of anilines is 1. The second kappa shape index (κ2) is 29.5. The zero-order valence-corrected chi connectivity index (χ0v) is 47.0. The molecule has 2 fully saturated rings. The van der Waals surface area contributed by atoms with Gasteiger partial charge in [-0.15, -0.1) is 0 Å². The lowest BCUT2D eigenvalue weighted by Crippen LogP contribution is -2.55. The number of ether oxygens (including phenoxy) is 6. The van der Waals surface area contributed by atoms with Crippen LogP contribution in [-0.4, -0.2) is 231 Å². The second-order valence-electron chi connectivity index (χ2n) is 20.0. The number of carbonyl (C=O) groups is 5. The number of carboxylic acids is 2. The van der Waals surface area contributed by atoms with E-state index < -0.39 is 17.5 Å². The maximum atomic E-state index is 14.4. The minimum atomic E-state index is -0.965. The average molecular weight is 1140 g/mol. The number of hydrogen-bond acceptors (Lipinski definition) is 16. The number of halogens is 2. The van der Waals surface area contributed by atoms with Crippen LogP contribution in [0.4, 0.5) is 5.69 Å². The topological polar surface area (TPSA) is 239 Å². The number of nitrogens with zero attached hydrogens (tertiary/aromatic N) is 7. The molecule has 4 N–H and O–H groups in total. The first-order valence-corrected chi connectivity index (χ1v) is 27.3. The Morgan fingerprint density at radius 3 is 1.94 bits per heavy atom. The summed E-state index contributed by atoms with van der Waals surface area (Å²) >= 11 is 13.0. The van der Waals surface area contributed by atoms with Gasteiger partial charge in [0.05, 0.1) is 103 Å². The van der Waals surface area contributed by atoms with Crippen LogP contribution < -0.4 is 20.1 Å². The summed E-state index contributed by atoms with van der Waals surface area (Å²) in [5, 5.41) is 30.5. The van der Waals surface area contributed by atoms with Gasteiger partial charge in [-0.1, -0.05) is 42.3 Å². The molecule has 1 aromatic heterocycles. The molecule has 7 rings (SSSR count). The highest BCUT2D eigenvalue weighted by atomic mass is 35.5. The van der Waals surface area contributed by atoms with Crippen molar-refractivity contribution in [2.45, 2.75) is 39.3 Å². The Morgan fingerprint density at radius 1 is 0.722 bits per heavy atom. The smallest absolute Gasteiger partial charge is 0.317 e. The molecule has 430 valence electrons. The molecule has 24 heteroatoms. The molecule has 0 atom stereocenters. The number of morpholine rings is 1. The van der Waals surface area contributed by atoms with Gasteiger partial charge in [0.2, 0.25) is 11.8 Å². The number of amides is 3. The Hall–Kier alpha value is -5.92. The highest BCUT2D eigenvalue weighted by molar-refractivity contribution is 6.34. The van der Waals surface area contributed by atoms with Gasteiger partial charge < -0.3 is 59.1 Å². The molecule has 4 heterocycles. The third-order valence-electron chi connectivity index (χ3n) is 13.8. The SMILES string of the molecule is CCN1CCN(CC(=O)O)CCN(CC(=O)O)CCN(CC(=O)NCCOCCOCCOCCC(=O)Nc2cccc(-c3cc4c(cc3OC)OCc3c(C(=O)N5CCOCC5(C)C)nn(-c5cc(Cl)cc(Cl)c5)c3-4)c2)CC1. The van der Waals surface area contributed by atoms with Crippen LogP contribution in [0.5, 0.6) is 11.5 Å². The van der Waals surface area contributed by atoms with E-state index in [-0.39, 0.29) is 75.9 Å². The first-order valence-electron chi connectivity index (χ1n) is 26.6. The fourth-order valence-electron chi connectivity index (χ4n) is 9.62. The second-order valence-corrected chi connectivity index (χ2v) is 20.9. The quantitative estimate of drug-likeness (QED) is 0.0703. The Balaban J connectivity index is 0.845. The van der Waals surface area contributed by atoms with Gasteiger partial charge in [0.1, 0.15) is 18.1 Å². The standard InChI is InChI=1S/C55H73Cl2N9O13/c1-5-61-11-13-62(15-16-64(35-51(71)72)18-17-63(14-12-61)34-50(69)70)33-49(68)58-10-21-76-24-26-77-25-23-75-20-9-48(67)59-41-8-6-7-38(27-41)43-31-44-47(32-46(43)74-4)79-36-45-52(54(73)65-19-22-78-37-55(65,2)3)60-66(53(44)45)42-29-39(56)28-40(57)30-42/h6-8,27-32H,5,9-26,33-37H2,1-4H3,(H,58,68)(H,59,67)(H,69,70)(H,71,72). The van der Waals surface area contributed by atoms with Crippen LogP contribution in [-0.2, 0) is 44.7 Å². The maximum Gasteiger partial charge on any atom is 0.317 e. The Bertz CT molecular complexity index is 2730. The van der Waals surface area contributed by atoms with E-state index in [1.807, 2.05) is 54.8 Å². The number of hydrogen-bond donors (Lipinski definition) is 4. The summed E-state index contributed by atoms with van der Waals surface area (Å²) in [5.74, 6) is -1.48.